The molecule has 0 N–H and O–H groups in total. The van der Waals surface area contributed by atoms with E-state index in [1.54, 1.807) is 136 Å². The van der Waals surface area contributed by atoms with Crippen LogP contribution in [0.5, 0.6) is 23.0 Å². The number of halogens is 5. The van der Waals surface area contributed by atoms with E-state index >= 15 is 4.39 Å². The molecule has 20 rings (SSSR count). The molecule has 0 saturated carbocycles. The van der Waals surface area contributed by atoms with Gasteiger partial charge < -0.3 is 18.9 Å². The topological polar surface area (TPSA) is 314 Å². The van der Waals surface area contributed by atoms with Crippen molar-refractivity contribution in [1.82, 2.24) is 106 Å². The van der Waals surface area contributed by atoms with Crippen LogP contribution >= 0.6 is 0 Å². The van der Waals surface area contributed by atoms with E-state index in [0.29, 0.717) is 140 Å². The first-order valence-corrected chi connectivity index (χ1v) is 39.1. The fourth-order valence-electron chi connectivity index (χ4n) is 15.8. The molecule has 0 fully saturated rings. The van der Waals surface area contributed by atoms with Crippen molar-refractivity contribution >= 4 is 99.5 Å². The minimum atomic E-state index is -0.944. The zero-order valence-electron chi connectivity index (χ0n) is 69.5. The summed E-state index contributed by atoms with van der Waals surface area (Å²) in [6.45, 7) is 9.75. The summed E-state index contributed by atoms with van der Waals surface area (Å²) in [4.78, 5) is 90.6. The minimum absolute atomic E-state index is 0.0392. The van der Waals surface area contributed by atoms with Gasteiger partial charge in [0.25, 0.3) is 0 Å². The number of aryl methyl sites for hydroxylation is 9. The predicted octanol–water partition coefficient (Wildman–Crippen LogP) is 13.3. The fraction of sp³-hybridized carbons (Fsp3) is 0.191. The summed E-state index contributed by atoms with van der Waals surface area (Å²) in [5.74, 6) is -1.20. The summed E-state index contributed by atoms with van der Waals surface area (Å²) in [5.41, 5.74) is 12.5. The number of benzene rings is 4. The summed E-state index contributed by atoms with van der Waals surface area (Å²) in [5, 5.41) is 15.5. The van der Waals surface area contributed by atoms with Crippen molar-refractivity contribution in [3.63, 3.8) is 0 Å². The highest BCUT2D eigenvalue weighted by atomic mass is 19.1. The first-order chi connectivity index (χ1) is 60.4. The second-order valence-electron chi connectivity index (χ2n) is 29.2. The molecule has 0 unspecified atom stereocenters. The van der Waals surface area contributed by atoms with Crippen LogP contribution in [0, 0.1) is 36.0 Å². The molecule has 0 radical (unpaired) electrons. The Hall–Kier alpha value is -15.9. The van der Waals surface area contributed by atoms with Crippen LogP contribution in [0.25, 0.3) is 150 Å². The molecule has 36 heteroatoms. The van der Waals surface area contributed by atoms with Gasteiger partial charge in [-0.3, -0.25) is 76.3 Å². The molecule has 0 spiro atoms. The number of hydrogen-bond donors (Lipinski definition) is 0. The molecule has 0 atom stereocenters. The maximum atomic E-state index is 15.1. The molecular weight excluding hydrogens is 1610 g/mol. The van der Waals surface area contributed by atoms with Crippen LogP contribution in [0.2, 0.25) is 0 Å². The predicted molar refractivity (Wildman–Crippen MR) is 464 cm³/mol. The Morgan fingerprint density at radius 2 is 0.792 bits per heavy atom. The summed E-state index contributed by atoms with van der Waals surface area (Å²) >= 11 is 0. The monoisotopic (exact) mass is 1690 g/mol. The van der Waals surface area contributed by atoms with Crippen molar-refractivity contribution in [3.8, 4) is 79.4 Å². The third-order valence-electron chi connectivity index (χ3n) is 22.1. The van der Waals surface area contributed by atoms with Crippen molar-refractivity contribution in [1.29, 1.82) is 0 Å². The molecule has 4 aromatic carbocycles. The van der Waals surface area contributed by atoms with Crippen LogP contribution in [0.1, 0.15) is 37.5 Å². The first-order valence-electron chi connectivity index (χ1n) is 39.1. The van der Waals surface area contributed by atoms with Gasteiger partial charge in [-0.2, -0.15) is 15.3 Å². The molecule has 1 aliphatic rings. The van der Waals surface area contributed by atoms with Crippen LogP contribution in [-0.2, 0) is 54.7 Å². The highest BCUT2D eigenvalue weighted by Gasteiger charge is 2.29. The minimum Gasteiger partial charge on any atom is -0.496 e. The molecule has 0 aliphatic carbocycles. The molecule has 19 aromatic rings. The van der Waals surface area contributed by atoms with Gasteiger partial charge in [0.15, 0.2) is 40.7 Å². The number of ether oxygens (including phenoxy) is 4. The van der Waals surface area contributed by atoms with E-state index < -0.39 is 51.8 Å². The molecule has 31 nitrogen and oxygen atoms in total. The van der Waals surface area contributed by atoms with Crippen LogP contribution in [0.3, 0.4) is 0 Å². The molecule has 0 amide bonds. The van der Waals surface area contributed by atoms with Crippen molar-refractivity contribution in [2.24, 2.45) is 40.2 Å². The lowest BCUT2D eigenvalue weighted by atomic mass is 10.0. The lowest BCUT2D eigenvalue weighted by Crippen LogP contribution is -2.22. The molecular formula is C89H76F5N23O8. The standard InChI is InChI=1S/C24H23FN6O2.C22H19FN6O2.C22H18FN5O2.C21H16F2N6O2/c1-5-14-9-26-11-18(25)22(14)31-23-17-7-16(15-10-28-30(6-2)13-15)21(33-4)8-19(17)27-12-20(23)29(3)24(31)32;1-4-28-12-13(10-26-28)14-8-15-17(9-19(14)31-3)25-11-18-20(15)29(22(30)27(18)2)21-16(23)6-5-7-24-21;1-12-6-16(23)21(26-9-12)28-20-15-7-14(13-4-5-24-10-13)19(30-3)8-17(15)25-11-18(20)27(2)22(28)29;1-27-10-11(6-26-27)12-4-13-16(5-18(12)31-3)25-9-17-19(13)29(21(30)28(17)2)20-14(22)7-24-8-15(20)23/h7-13H,5-6H2,1-4H3;5-12H,4H2,1-3H3;4,6-11H,5H2,1-3H3;4-10H,1-3H3. The summed E-state index contributed by atoms with van der Waals surface area (Å²) in [6.07, 6.45) is 29.0. The summed E-state index contributed by atoms with van der Waals surface area (Å²) < 4.78 is 112. The lowest BCUT2D eigenvalue weighted by molar-refractivity contribution is 0.414. The third kappa shape index (κ3) is 13.9. The van der Waals surface area contributed by atoms with E-state index in [0.717, 1.165) is 75.2 Å². The number of hydrogen-bond acceptors (Lipinski definition) is 20. The Morgan fingerprint density at radius 1 is 0.400 bits per heavy atom. The van der Waals surface area contributed by atoms with E-state index in [1.165, 1.54) is 69.6 Å². The number of aromatic nitrogens is 22. The molecule has 125 heavy (non-hydrogen) atoms. The van der Waals surface area contributed by atoms with E-state index in [4.69, 9.17) is 18.9 Å². The number of methoxy groups -OCH3 is 4. The van der Waals surface area contributed by atoms with E-state index in [1.807, 2.05) is 91.2 Å². The van der Waals surface area contributed by atoms with Gasteiger partial charge in [0.1, 0.15) is 28.7 Å². The van der Waals surface area contributed by atoms with Crippen LogP contribution in [-0.4, -0.2) is 147 Å². The van der Waals surface area contributed by atoms with Gasteiger partial charge in [0.2, 0.25) is 0 Å². The van der Waals surface area contributed by atoms with Gasteiger partial charge in [0, 0.05) is 182 Å². The second kappa shape index (κ2) is 32.6. The van der Waals surface area contributed by atoms with Crippen molar-refractivity contribution in [2.75, 3.05) is 35.0 Å². The first kappa shape index (κ1) is 81.5. The normalized spacial score (nSPS) is 12.0. The fourth-order valence-corrected chi connectivity index (χ4v) is 15.8. The van der Waals surface area contributed by atoms with Gasteiger partial charge in [-0.25, -0.2) is 60.2 Å². The Kier molecular flexibility index (Phi) is 21.2. The summed E-state index contributed by atoms with van der Waals surface area (Å²) in [7, 11) is 14.6. The molecule has 630 valence electrons. The largest absolute Gasteiger partial charge is 0.496 e. The number of fused-ring (bicyclic) bond motifs is 12. The number of rotatable bonds is 15. The van der Waals surface area contributed by atoms with Crippen LogP contribution < -0.4 is 41.7 Å². The molecule has 1 aliphatic heterocycles. The van der Waals surface area contributed by atoms with Gasteiger partial charge in [-0.15, -0.1) is 0 Å². The zero-order valence-corrected chi connectivity index (χ0v) is 69.5. The molecule has 0 saturated heterocycles. The SMILES string of the molecule is CCc1cncc(F)c1-n1c(=O)n(C)c2cnc3cc(OC)c(-c4cnn(CC)c4)cc3c21.CCn1cc(-c2cc3c(cc2OC)ncc2c3n(-c3ncccc3F)c(=O)n2C)cn1.COc1cc2ncc3c(c2cc1-c1cnn(C)c1)n(-c1c(F)cncc1F)c(=O)n3C.COc1cc2ncc3c(c2cc1C1=CCN=C1)n(-c1ncc(C)cc1F)c(=O)n3C. The quantitative estimate of drug-likeness (QED) is 0.0861. The van der Waals surface area contributed by atoms with Gasteiger partial charge in [-0.1, -0.05) is 13.0 Å². The number of allylic oxidation sites excluding steroid dienone is 1. The average Bonchev–Trinajstić information content (AvgIpc) is 1.60. The Morgan fingerprint density at radius 3 is 1.18 bits per heavy atom. The van der Waals surface area contributed by atoms with Gasteiger partial charge >= 0.3 is 22.8 Å². The number of nitrogens with zero attached hydrogens (tertiary/aromatic N) is 23. The lowest BCUT2D eigenvalue weighted by Gasteiger charge is -2.13. The molecule has 15 aromatic heterocycles. The van der Waals surface area contributed by atoms with Gasteiger partial charge in [0.05, 0.1) is 169 Å². The van der Waals surface area contributed by atoms with Gasteiger partial charge in [-0.05, 0) is 80.8 Å². The Balaban J connectivity index is 0.000000118. The van der Waals surface area contributed by atoms with E-state index in [2.05, 4.69) is 60.2 Å². The van der Waals surface area contributed by atoms with Crippen LogP contribution in [0.15, 0.2) is 196 Å². The van der Waals surface area contributed by atoms with E-state index in [-0.39, 0.29) is 23.0 Å². The number of pyridine rings is 8. The highest BCUT2D eigenvalue weighted by molar-refractivity contribution is 6.15. The van der Waals surface area contributed by atoms with Crippen LogP contribution in [0.4, 0.5) is 22.0 Å². The zero-order chi connectivity index (χ0) is 87.8. The Bertz CT molecular complexity index is 7930. The molecule has 16 heterocycles. The summed E-state index contributed by atoms with van der Waals surface area (Å²) in [6, 6.07) is 18.8. The second-order valence-corrected chi connectivity index (χ2v) is 29.2. The smallest absolute Gasteiger partial charge is 0.334 e. The Labute approximate surface area is 704 Å². The van der Waals surface area contributed by atoms with Crippen molar-refractivity contribution in [3.05, 3.63) is 260 Å². The third-order valence-corrected chi connectivity index (χ3v) is 22.1. The van der Waals surface area contributed by atoms with Crippen molar-refractivity contribution in [2.45, 2.75) is 47.2 Å². The maximum absolute atomic E-state index is 15.1. The number of imidazole rings is 4. The maximum Gasteiger partial charge on any atom is 0.334 e. The highest BCUT2D eigenvalue weighted by Crippen LogP contribution is 2.42. The number of aliphatic imine (C=N–C) groups is 1. The molecule has 0 bridgehead atoms. The van der Waals surface area contributed by atoms with E-state index in [9.17, 15) is 36.7 Å². The average molecular weight is 1690 g/mol. The van der Waals surface area contributed by atoms with Crippen molar-refractivity contribution < 1.29 is 40.9 Å².